The maximum absolute atomic E-state index is 9.26. The third kappa shape index (κ3) is 28.7. The fourth-order valence-corrected chi connectivity index (χ4v) is 10.1. The molecule has 3 aliphatic carbocycles. The summed E-state index contributed by atoms with van der Waals surface area (Å²) in [5.74, 6) is 0. The maximum Gasteiger partial charge on any atom is 0.192 e. The number of rotatable bonds is 9. The quantitative estimate of drug-likeness (QED) is 0.120. The molecule has 412 valence electrons. The van der Waals surface area contributed by atoms with E-state index in [2.05, 4.69) is 161 Å². The molecule has 0 spiro atoms. The Hall–Kier alpha value is -0.102. The molecular weight excluding hydrogens is 1000 g/mol. The molecule has 0 radical (unpaired) electrons. The van der Waals surface area contributed by atoms with Crippen LogP contribution < -0.4 is 0 Å². The van der Waals surface area contributed by atoms with E-state index in [4.69, 9.17) is 62.5 Å². The molecule has 3 saturated carbocycles. The third-order valence-electron chi connectivity index (χ3n) is 15.4. The van der Waals surface area contributed by atoms with Crippen molar-refractivity contribution in [2.24, 2.45) is 0 Å². The smallest absolute Gasteiger partial charge is 0.192 e. The lowest BCUT2D eigenvalue weighted by Crippen LogP contribution is -2.44. The Morgan fingerprint density at radius 3 is 1.16 bits per heavy atom. The molecule has 3 unspecified atom stereocenters. The molecule has 1 aliphatic heterocycles. The fraction of sp³-hybridized carbons (Fsp3) is 0.786. The first-order chi connectivity index (χ1) is 31.6. The zero-order chi connectivity index (χ0) is 55.2. The standard InChI is InChI=1S/C21H42O2Si2.C15H28O2Si.C9H14O2.C6H15ClSi.C4H8O.CH2Cl2/c1-17-12-13-19(23-25(10,11)21(5,6)7)16-18(17)14-15-22-24(8,9)20(2,3)4;1-12-7-8-14(11-13(12)9-10-16)17-18(5,6)15(2,3)4;1-7-2-3-9(11)6-8(7)4-5-10;1-6(2,3)8(4,5)7;1-2-4-5-3-1;2-1-3/h14,19H,1,12-13,15-16H2,2-11H3;9,14,16H,1,7-8,10-11H2,2-6H3;4,9-11H,1-3,5-6H2;1-5H3;1-4H2;1H2/b18-14-;13-9-;8-4-;;;. The minimum Gasteiger partial charge on any atom is -0.414 e. The van der Waals surface area contributed by atoms with Gasteiger partial charge < -0.3 is 33.3 Å². The monoisotopic (exact) mass is 1110 g/mol. The van der Waals surface area contributed by atoms with E-state index in [1.54, 1.807) is 6.08 Å². The summed E-state index contributed by atoms with van der Waals surface area (Å²) in [5.41, 5.74) is 7.06. The van der Waals surface area contributed by atoms with Crippen LogP contribution in [0.15, 0.2) is 71.4 Å². The molecule has 4 aliphatic rings. The van der Waals surface area contributed by atoms with Crippen LogP contribution in [0.3, 0.4) is 0 Å². The highest BCUT2D eigenvalue weighted by Gasteiger charge is 2.41. The molecule has 1 heterocycles. The third-order valence-corrected chi connectivity index (χ3v) is 34.3. The largest absolute Gasteiger partial charge is 0.414 e. The molecule has 0 aromatic carbocycles. The predicted octanol–water partition coefficient (Wildman–Crippen LogP) is 17.6. The first-order valence-corrected chi connectivity index (χ1v) is 39.8. The molecular formula is C56H109Cl3O7Si4. The van der Waals surface area contributed by atoms with Crippen LogP contribution in [0.4, 0.5) is 0 Å². The molecule has 0 aromatic rings. The summed E-state index contributed by atoms with van der Waals surface area (Å²) in [6, 6.07) is 0. The zero-order valence-corrected chi connectivity index (χ0v) is 55.0. The number of hydrogen-bond donors (Lipinski definition) is 3. The molecule has 0 amide bonds. The Labute approximate surface area is 451 Å². The van der Waals surface area contributed by atoms with E-state index in [0.717, 1.165) is 75.7 Å². The van der Waals surface area contributed by atoms with Crippen LogP contribution in [-0.2, 0) is 18.0 Å². The molecule has 0 aromatic heterocycles. The molecule has 0 bridgehead atoms. The predicted molar refractivity (Wildman–Crippen MR) is 320 cm³/mol. The van der Waals surface area contributed by atoms with Crippen molar-refractivity contribution in [1.29, 1.82) is 0 Å². The topological polar surface area (TPSA) is 97.6 Å². The van der Waals surface area contributed by atoms with Crippen LogP contribution in [0.1, 0.15) is 154 Å². The highest BCUT2D eigenvalue weighted by atomic mass is 35.6. The van der Waals surface area contributed by atoms with Gasteiger partial charge in [-0.25, -0.2) is 0 Å². The van der Waals surface area contributed by atoms with Crippen LogP contribution in [0.25, 0.3) is 0 Å². The van der Waals surface area contributed by atoms with Gasteiger partial charge in [-0.3, -0.25) is 0 Å². The molecule has 3 atom stereocenters. The maximum atomic E-state index is 9.26. The first-order valence-electron chi connectivity index (χ1n) is 26.0. The van der Waals surface area contributed by atoms with Crippen molar-refractivity contribution in [3.63, 3.8) is 0 Å². The van der Waals surface area contributed by atoms with Crippen molar-refractivity contribution in [1.82, 2.24) is 0 Å². The van der Waals surface area contributed by atoms with E-state index in [9.17, 15) is 5.11 Å². The van der Waals surface area contributed by atoms with Gasteiger partial charge in [0.25, 0.3) is 0 Å². The Morgan fingerprint density at radius 1 is 0.557 bits per heavy atom. The molecule has 3 N–H and O–H groups in total. The average molecular weight is 1110 g/mol. The highest BCUT2D eigenvalue weighted by molar-refractivity contribution is 7.20. The summed E-state index contributed by atoms with van der Waals surface area (Å²) in [4.78, 5) is 0. The summed E-state index contributed by atoms with van der Waals surface area (Å²) in [7, 11) is -6.47. The van der Waals surface area contributed by atoms with Crippen LogP contribution in [0.2, 0.25) is 72.5 Å². The molecule has 4 rings (SSSR count). The highest BCUT2D eigenvalue weighted by Crippen LogP contribution is 2.43. The van der Waals surface area contributed by atoms with Crippen molar-refractivity contribution in [3.05, 3.63) is 71.4 Å². The van der Waals surface area contributed by atoms with Gasteiger partial charge in [0.15, 0.2) is 32.3 Å². The summed E-state index contributed by atoms with van der Waals surface area (Å²) >= 11 is 15.7. The van der Waals surface area contributed by atoms with Crippen molar-refractivity contribution < 1.29 is 33.3 Å². The number of ether oxygens (including phenoxy) is 1. The molecule has 14 heteroatoms. The number of aliphatic hydroxyl groups is 3. The number of halogens is 3. The van der Waals surface area contributed by atoms with Crippen molar-refractivity contribution in [2.75, 3.05) is 38.4 Å². The molecule has 70 heavy (non-hydrogen) atoms. The van der Waals surface area contributed by atoms with Gasteiger partial charge >= 0.3 is 0 Å². The number of aliphatic hydroxyl groups excluding tert-OH is 3. The Morgan fingerprint density at radius 2 is 0.871 bits per heavy atom. The minimum absolute atomic E-state index is 0.0427. The van der Waals surface area contributed by atoms with E-state index in [0.29, 0.717) is 30.3 Å². The second-order valence-electron chi connectivity index (χ2n) is 25.5. The SMILES string of the molecule is C1CCOC1.C=C1CCC(O)C/C1=C/CO.C=C1CCC(O[Si](C)(C)C(C)(C)C)C/C1=C/CO.C=C1CCC(O[Si](C)(C)C(C)(C)C)C/C1=C/CO[Si](C)(C)C(C)(C)C.CC(C)(C)[Si](C)(C)Cl.ClCCl. The van der Waals surface area contributed by atoms with E-state index in [1.807, 2.05) is 6.08 Å². The Balaban J connectivity index is 0. The lowest BCUT2D eigenvalue weighted by molar-refractivity contribution is 0.158. The van der Waals surface area contributed by atoms with Crippen LogP contribution in [0.5, 0.6) is 0 Å². The van der Waals surface area contributed by atoms with Gasteiger partial charge in [0.1, 0.15) is 0 Å². The summed E-state index contributed by atoms with van der Waals surface area (Å²) in [6.45, 7) is 60.5. The van der Waals surface area contributed by atoms with E-state index in [1.165, 1.54) is 35.1 Å². The molecule has 1 saturated heterocycles. The summed E-state index contributed by atoms with van der Waals surface area (Å²) in [6.07, 6.45) is 17.2. The van der Waals surface area contributed by atoms with Crippen LogP contribution in [0, 0.1) is 0 Å². The minimum atomic E-state index is -1.71. The average Bonchev–Trinajstić information content (AvgIpc) is 3.79. The lowest BCUT2D eigenvalue weighted by Gasteiger charge is -2.41. The van der Waals surface area contributed by atoms with Crippen LogP contribution in [-0.4, -0.2) is 104 Å². The zero-order valence-electron chi connectivity index (χ0n) is 48.7. The van der Waals surface area contributed by atoms with Crippen LogP contribution >= 0.6 is 34.3 Å². The van der Waals surface area contributed by atoms with Crippen molar-refractivity contribution in [2.45, 2.75) is 245 Å². The van der Waals surface area contributed by atoms with E-state index < -0.39 is 32.3 Å². The van der Waals surface area contributed by atoms with Gasteiger partial charge in [-0.05, 0) is 147 Å². The van der Waals surface area contributed by atoms with Gasteiger partial charge in [-0.2, -0.15) is 11.1 Å². The summed E-state index contributed by atoms with van der Waals surface area (Å²) < 4.78 is 24.4. The van der Waals surface area contributed by atoms with E-state index >= 15 is 0 Å². The lowest BCUT2D eigenvalue weighted by atomic mass is 9.88. The number of alkyl halides is 2. The van der Waals surface area contributed by atoms with Gasteiger partial charge in [0, 0.05) is 25.4 Å². The number of allylic oxidation sites excluding steroid dienone is 3. The van der Waals surface area contributed by atoms with Gasteiger partial charge in [-0.1, -0.05) is 151 Å². The van der Waals surface area contributed by atoms with Gasteiger partial charge in [0.05, 0.1) is 31.3 Å². The van der Waals surface area contributed by atoms with Gasteiger partial charge in [0.2, 0.25) is 0 Å². The van der Waals surface area contributed by atoms with E-state index in [-0.39, 0.29) is 39.8 Å². The summed E-state index contributed by atoms with van der Waals surface area (Å²) in [5, 5.41) is 28.2. The Kier molecular flexibility index (Phi) is 33.4. The van der Waals surface area contributed by atoms with Crippen molar-refractivity contribution in [3.8, 4) is 0 Å². The molecule has 7 nitrogen and oxygen atoms in total. The molecule has 4 fully saturated rings. The number of hydrogen-bond acceptors (Lipinski definition) is 7. The second kappa shape index (κ2) is 32.5. The van der Waals surface area contributed by atoms with Gasteiger partial charge in [-0.15, -0.1) is 23.2 Å². The normalized spacial score (nSPS) is 22.6. The first kappa shape index (κ1) is 72.0. The Bertz CT molecular complexity index is 1620. The second-order valence-corrected chi connectivity index (χ2v) is 47.9. The fourth-order valence-electron chi connectivity index (χ4n) is 6.35. The van der Waals surface area contributed by atoms with Crippen molar-refractivity contribution >= 4 is 66.6 Å².